The van der Waals surface area contributed by atoms with Crippen LogP contribution in [0.25, 0.3) is 0 Å². The molecule has 0 aliphatic carbocycles. The summed E-state index contributed by atoms with van der Waals surface area (Å²) in [7, 11) is 0. The van der Waals surface area contributed by atoms with Gasteiger partial charge in [0.2, 0.25) is 0 Å². The third-order valence-corrected chi connectivity index (χ3v) is 1.99. The molecule has 3 N–H and O–H groups in total. The number of aliphatic carboxylic acids is 1. The summed E-state index contributed by atoms with van der Waals surface area (Å²) in [5, 5.41) is 26.9. The Morgan fingerprint density at radius 2 is 2.07 bits per heavy atom. The molecule has 1 saturated heterocycles. The molecule has 1 fully saturated rings. The van der Waals surface area contributed by atoms with Crippen molar-refractivity contribution >= 4 is 5.97 Å². The maximum atomic E-state index is 10.4. The van der Waals surface area contributed by atoms with Crippen LogP contribution in [0.3, 0.4) is 0 Å². The average Bonchev–Trinajstić information content (AvgIpc) is 2.43. The molecular weight excluding hydrogens is 192 g/mol. The lowest BCUT2D eigenvalue weighted by Crippen LogP contribution is -2.43. The summed E-state index contributed by atoms with van der Waals surface area (Å²) in [4.78, 5) is 10.4. The quantitative estimate of drug-likeness (QED) is 0.545. The Morgan fingerprint density at radius 1 is 1.50 bits per heavy atom. The van der Waals surface area contributed by atoms with Crippen molar-refractivity contribution in [3.63, 3.8) is 0 Å². The summed E-state index contributed by atoms with van der Waals surface area (Å²) in [6, 6.07) is 0. The predicted octanol–water partition coefficient (Wildman–Crippen LogP) is -1.06. The van der Waals surface area contributed by atoms with Gasteiger partial charge in [-0.2, -0.15) is 0 Å². The van der Waals surface area contributed by atoms with Crippen molar-refractivity contribution in [3.05, 3.63) is 0 Å². The first-order valence-corrected chi connectivity index (χ1v) is 4.24. The Bertz CT molecular complexity index is 226. The first kappa shape index (κ1) is 11.4. The first-order chi connectivity index (χ1) is 6.33. The van der Waals surface area contributed by atoms with Crippen molar-refractivity contribution in [2.45, 2.75) is 37.9 Å². The normalized spacial score (nSPS) is 29.9. The van der Waals surface area contributed by atoms with Crippen LogP contribution in [0, 0.1) is 0 Å². The summed E-state index contributed by atoms with van der Waals surface area (Å²) in [6.45, 7) is 3.36. The van der Waals surface area contributed by atoms with E-state index in [1.165, 1.54) is 0 Å². The number of aliphatic hydroxyl groups is 2. The van der Waals surface area contributed by atoms with Gasteiger partial charge in [-0.05, 0) is 13.8 Å². The molecule has 6 nitrogen and oxygen atoms in total. The van der Waals surface area contributed by atoms with Gasteiger partial charge in [-0.25, -0.2) is 4.79 Å². The minimum absolute atomic E-state index is 0.0680. The smallest absolute Gasteiger partial charge is 0.335 e. The summed E-state index contributed by atoms with van der Waals surface area (Å²) >= 11 is 0. The van der Waals surface area contributed by atoms with E-state index >= 15 is 0 Å². The zero-order valence-corrected chi connectivity index (χ0v) is 8.01. The van der Waals surface area contributed by atoms with E-state index in [0.29, 0.717) is 0 Å². The van der Waals surface area contributed by atoms with E-state index in [0.717, 1.165) is 0 Å². The van der Waals surface area contributed by atoms with Crippen LogP contribution < -0.4 is 0 Å². The van der Waals surface area contributed by atoms with Crippen LogP contribution >= 0.6 is 0 Å². The monoisotopic (exact) mass is 206 g/mol. The highest BCUT2D eigenvalue weighted by atomic mass is 16.7. The molecule has 1 aliphatic heterocycles. The second kappa shape index (κ2) is 3.82. The standard InChI is InChI=1S/C8H14O6/c1-8(2)13-3-4(14-8)5(9)6(10)7(11)12/h4-6,9-10H,3H2,1-2H3,(H,11,12)/t4-,5?,6?/m1/s1. The van der Waals surface area contributed by atoms with Gasteiger partial charge in [0.05, 0.1) is 6.61 Å². The minimum Gasteiger partial charge on any atom is -0.479 e. The second-order valence-electron chi connectivity index (χ2n) is 3.64. The van der Waals surface area contributed by atoms with Gasteiger partial charge >= 0.3 is 5.97 Å². The van der Waals surface area contributed by atoms with Gasteiger partial charge in [0.25, 0.3) is 0 Å². The van der Waals surface area contributed by atoms with Gasteiger partial charge in [0, 0.05) is 0 Å². The Kier molecular flexibility index (Phi) is 3.10. The number of carboxylic acid groups (broad SMARTS) is 1. The van der Waals surface area contributed by atoms with E-state index in [2.05, 4.69) is 0 Å². The molecule has 0 amide bonds. The van der Waals surface area contributed by atoms with E-state index in [-0.39, 0.29) is 6.61 Å². The van der Waals surface area contributed by atoms with Crippen molar-refractivity contribution in [2.24, 2.45) is 0 Å². The van der Waals surface area contributed by atoms with Crippen molar-refractivity contribution in [3.8, 4) is 0 Å². The molecule has 3 atom stereocenters. The van der Waals surface area contributed by atoms with Crippen LogP contribution in [0.2, 0.25) is 0 Å². The van der Waals surface area contributed by atoms with Crippen molar-refractivity contribution in [1.29, 1.82) is 0 Å². The lowest BCUT2D eigenvalue weighted by molar-refractivity contribution is -0.173. The van der Waals surface area contributed by atoms with Crippen molar-refractivity contribution < 1.29 is 29.6 Å². The molecule has 0 aromatic heterocycles. The van der Waals surface area contributed by atoms with Crippen molar-refractivity contribution in [1.82, 2.24) is 0 Å². The highest BCUT2D eigenvalue weighted by Crippen LogP contribution is 2.25. The summed E-state index contributed by atoms with van der Waals surface area (Å²) in [6.07, 6.45) is -4.14. The third-order valence-electron chi connectivity index (χ3n) is 1.99. The Balaban J connectivity index is 2.55. The number of hydrogen-bond donors (Lipinski definition) is 3. The van der Waals surface area contributed by atoms with E-state index in [4.69, 9.17) is 19.7 Å². The molecule has 2 unspecified atom stereocenters. The Hall–Kier alpha value is -0.690. The number of aliphatic hydroxyl groups excluding tert-OH is 2. The van der Waals surface area contributed by atoms with Crippen molar-refractivity contribution in [2.75, 3.05) is 6.61 Å². The van der Waals surface area contributed by atoms with Crippen LogP contribution in [0.5, 0.6) is 0 Å². The molecule has 0 aromatic carbocycles. The number of hydrogen-bond acceptors (Lipinski definition) is 5. The zero-order chi connectivity index (χ0) is 10.9. The number of carbonyl (C=O) groups is 1. The molecule has 0 saturated carbocycles. The lowest BCUT2D eigenvalue weighted by Gasteiger charge is -2.21. The van der Waals surface area contributed by atoms with Gasteiger partial charge in [0.15, 0.2) is 11.9 Å². The molecule has 82 valence electrons. The first-order valence-electron chi connectivity index (χ1n) is 4.24. The van der Waals surface area contributed by atoms with E-state index in [1.807, 2.05) is 0 Å². The predicted molar refractivity (Wildman–Crippen MR) is 44.6 cm³/mol. The van der Waals surface area contributed by atoms with Crippen LogP contribution in [0.1, 0.15) is 13.8 Å². The molecule has 6 heteroatoms. The van der Waals surface area contributed by atoms with Crippen LogP contribution in [-0.4, -0.2) is 52.0 Å². The summed E-state index contributed by atoms with van der Waals surface area (Å²) < 4.78 is 10.3. The van der Waals surface area contributed by atoms with E-state index in [9.17, 15) is 9.90 Å². The molecule has 1 rings (SSSR count). The van der Waals surface area contributed by atoms with Gasteiger partial charge in [-0.15, -0.1) is 0 Å². The van der Waals surface area contributed by atoms with Crippen LogP contribution in [0.15, 0.2) is 0 Å². The molecule has 1 aliphatic rings. The average molecular weight is 206 g/mol. The molecule has 1 heterocycles. The lowest BCUT2D eigenvalue weighted by atomic mass is 10.1. The largest absolute Gasteiger partial charge is 0.479 e. The summed E-state index contributed by atoms with van der Waals surface area (Å²) in [5.74, 6) is -2.32. The van der Waals surface area contributed by atoms with Gasteiger partial charge in [0.1, 0.15) is 12.2 Å². The molecule has 14 heavy (non-hydrogen) atoms. The topological polar surface area (TPSA) is 96.2 Å². The van der Waals surface area contributed by atoms with Crippen LogP contribution in [0.4, 0.5) is 0 Å². The second-order valence-corrected chi connectivity index (χ2v) is 3.64. The fourth-order valence-electron chi connectivity index (χ4n) is 1.23. The molecular formula is C8H14O6. The molecule has 0 radical (unpaired) electrons. The highest BCUT2D eigenvalue weighted by Gasteiger charge is 2.41. The maximum absolute atomic E-state index is 10.4. The number of ether oxygens (including phenoxy) is 2. The molecule has 0 spiro atoms. The highest BCUT2D eigenvalue weighted by molar-refractivity contribution is 5.72. The van der Waals surface area contributed by atoms with E-state index in [1.54, 1.807) is 13.8 Å². The molecule has 0 aromatic rings. The number of rotatable bonds is 3. The molecule has 0 bridgehead atoms. The van der Waals surface area contributed by atoms with E-state index < -0.39 is 30.1 Å². The van der Waals surface area contributed by atoms with Gasteiger partial charge in [-0.1, -0.05) is 0 Å². The van der Waals surface area contributed by atoms with Crippen LogP contribution in [-0.2, 0) is 14.3 Å². The maximum Gasteiger partial charge on any atom is 0.335 e. The summed E-state index contributed by atoms with van der Waals surface area (Å²) in [5.41, 5.74) is 0. The Morgan fingerprint density at radius 3 is 2.43 bits per heavy atom. The Labute approximate surface area is 81.1 Å². The SMILES string of the molecule is CC1(C)OC[C@H](C(O)C(O)C(=O)O)O1. The fourth-order valence-corrected chi connectivity index (χ4v) is 1.23. The number of carboxylic acids is 1. The zero-order valence-electron chi connectivity index (χ0n) is 8.01. The van der Waals surface area contributed by atoms with Gasteiger partial charge < -0.3 is 24.8 Å². The fraction of sp³-hybridized carbons (Fsp3) is 0.875. The van der Waals surface area contributed by atoms with Gasteiger partial charge in [-0.3, -0.25) is 0 Å². The minimum atomic E-state index is -1.85. The third kappa shape index (κ3) is 2.42.